The summed E-state index contributed by atoms with van der Waals surface area (Å²) in [5, 5.41) is 2.75. The average Bonchev–Trinajstić information content (AvgIpc) is 2.71. The predicted molar refractivity (Wildman–Crippen MR) is 111 cm³/mol. The van der Waals surface area contributed by atoms with Crippen molar-refractivity contribution in [1.82, 2.24) is 10.2 Å². The van der Waals surface area contributed by atoms with E-state index in [9.17, 15) is 14.0 Å². The number of nitrogens with zero attached hydrogens (tertiary/aromatic N) is 1. The maximum Gasteiger partial charge on any atom is 0.242 e. The Morgan fingerprint density at radius 3 is 2.38 bits per heavy atom. The number of carbonyl (C=O) groups excluding carboxylic acids is 2. The number of halogens is 1. The van der Waals surface area contributed by atoms with E-state index in [0.717, 1.165) is 16.9 Å². The molecule has 0 aromatic heterocycles. The van der Waals surface area contributed by atoms with Gasteiger partial charge in [0.15, 0.2) is 0 Å². The van der Waals surface area contributed by atoms with Crippen molar-refractivity contribution in [3.63, 3.8) is 0 Å². The van der Waals surface area contributed by atoms with Gasteiger partial charge < -0.3 is 15.0 Å². The first-order valence-electron chi connectivity index (χ1n) is 9.91. The van der Waals surface area contributed by atoms with Crippen LogP contribution < -0.4 is 10.1 Å². The molecule has 0 heterocycles. The lowest BCUT2D eigenvalue weighted by atomic mass is 10.1. The summed E-state index contributed by atoms with van der Waals surface area (Å²) in [5.41, 5.74) is 1.93. The third kappa shape index (κ3) is 7.22. The summed E-state index contributed by atoms with van der Waals surface area (Å²) in [7, 11) is 0. The monoisotopic (exact) mass is 400 g/mol. The smallest absolute Gasteiger partial charge is 0.242 e. The van der Waals surface area contributed by atoms with Gasteiger partial charge in [-0.2, -0.15) is 0 Å². The van der Waals surface area contributed by atoms with Crippen LogP contribution in [0.5, 0.6) is 5.75 Å². The van der Waals surface area contributed by atoms with Crippen LogP contribution in [0.2, 0.25) is 0 Å². The van der Waals surface area contributed by atoms with Gasteiger partial charge in [-0.3, -0.25) is 9.59 Å². The highest BCUT2D eigenvalue weighted by molar-refractivity contribution is 5.87. The molecule has 2 aromatic rings. The van der Waals surface area contributed by atoms with Crippen molar-refractivity contribution in [2.45, 2.75) is 46.2 Å². The second kappa shape index (κ2) is 11.2. The van der Waals surface area contributed by atoms with Gasteiger partial charge in [-0.25, -0.2) is 4.39 Å². The van der Waals surface area contributed by atoms with Gasteiger partial charge in [0, 0.05) is 19.5 Å². The molecule has 1 N–H and O–H groups in total. The van der Waals surface area contributed by atoms with E-state index < -0.39 is 6.04 Å². The van der Waals surface area contributed by atoms with Crippen LogP contribution in [0.1, 0.15) is 37.8 Å². The Labute approximate surface area is 171 Å². The molecular formula is C23H29FN2O3. The van der Waals surface area contributed by atoms with Crippen molar-refractivity contribution in [2.24, 2.45) is 0 Å². The number of carbonyl (C=O) groups is 2. The summed E-state index contributed by atoms with van der Waals surface area (Å²) in [6.45, 7) is 6.69. The molecule has 2 amide bonds. The molecule has 1 atom stereocenters. The number of ether oxygens (including phenoxy) is 1. The van der Waals surface area contributed by atoms with Crippen LogP contribution in [-0.4, -0.2) is 35.9 Å². The zero-order valence-corrected chi connectivity index (χ0v) is 17.3. The van der Waals surface area contributed by atoms with Gasteiger partial charge in [-0.15, -0.1) is 0 Å². The van der Waals surface area contributed by atoms with Crippen LogP contribution in [0, 0.1) is 12.7 Å². The van der Waals surface area contributed by atoms with E-state index in [2.05, 4.69) is 5.32 Å². The first-order valence-corrected chi connectivity index (χ1v) is 9.91. The third-order valence-electron chi connectivity index (χ3n) is 4.61. The van der Waals surface area contributed by atoms with E-state index in [1.165, 1.54) is 17.0 Å². The zero-order valence-electron chi connectivity index (χ0n) is 17.3. The summed E-state index contributed by atoms with van der Waals surface area (Å²) in [5.74, 6) is 0.0815. The van der Waals surface area contributed by atoms with Gasteiger partial charge in [-0.05, 0) is 57.0 Å². The Balaban J connectivity index is 1.96. The molecule has 0 saturated carbocycles. The maximum atomic E-state index is 13.2. The molecule has 1 unspecified atom stereocenters. The summed E-state index contributed by atoms with van der Waals surface area (Å²) in [6, 6.07) is 13.1. The van der Waals surface area contributed by atoms with Crippen LogP contribution in [-0.2, 0) is 16.1 Å². The lowest BCUT2D eigenvalue weighted by molar-refractivity contribution is -0.140. The van der Waals surface area contributed by atoms with Gasteiger partial charge in [-0.1, -0.05) is 29.8 Å². The van der Waals surface area contributed by atoms with Crippen molar-refractivity contribution >= 4 is 11.8 Å². The van der Waals surface area contributed by atoms with Crippen molar-refractivity contribution in [1.29, 1.82) is 0 Å². The Bertz CT molecular complexity index is 791. The highest BCUT2D eigenvalue weighted by Gasteiger charge is 2.25. The van der Waals surface area contributed by atoms with E-state index in [-0.39, 0.29) is 30.6 Å². The summed E-state index contributed by atoms with van der Waals surface area (Å²) in [6.07, 6.45) is 0.797. The molecule has 0 saturated heterocycles. The fourth-order valence-electron chi connectivity index (χ4n) is 2.88. The lowest BCUT2D eigenvalue weighted by Gasteiger charge is -2.28. The fourth-order valence-corrected chi connectivity index (χ4v) is 2.88. The number of hydrogen-bond donors (Lipinski definition) is 1. The molecule has 0 radical (unpaired) electrons. The minimum absolute atomic E-state index is 0.138. The number of benzene rings is 2. The molecule has 0 spiro atoms. The fraction of sp³-hybridized carbons (Fsp3) is 0.391. The first kappa shape index (κ1) is 22.4. The topological polar surface area (TPSA) is 58.6 Å². The molecule has 0 aliphatic rings. The number of hydrogen-bond acceptors (Lipinski definition) is 3. The van der Waals surface area contributed by atoms with Crippen LogP contribution in [0.4, 0.5) is 4.39 Å². The van der Waals surface area contributed by atoms with Crippen LogP contribution in [0.15, 0.2) is 48.5 Å². The first-order chi connectivity index (χ1) is 13.9. The molecule has 156 valence electrons. The van der Waals surface area contributed by atoms with E-state index in [4.69, 9.17) is 4.74 Å². The van der Waals surface area contributed by atoms with Gasteiger partial charge in [0.2, 0.25) is 11.8 Å². The number of rotatable bonds is 10. The van der Waals surface area contributed by atoms with Gasteiger partial charge >= 0.3 is 0 Å². The second-order valence-corrected chi connectivity index (χ2v) is 6.98. The van der Waals surface area contributed by atoms with Crippen LogP contribution in [0.25, 0.3) is 0 Å². The number of amides is 2. The van der Waals surface area contributed by atoms with Crippen molar-refractivity contribution < 1.29 is 18.7 Å². The highest BCUT2D eigenvalue weighted by atomic mass is 19.1. The van der Waals surface area contributed by atoms with Crippen molar-refractivity contribution in [3.8, 4) is 5.75 Å². The van der Waals surface area contributed by atoms with Gasteiger partial charge in [0.05, 0.1) is 6.61 Å². The molecule has 0 aliphatic heterocycles. The summed E-state index contributed by atoms with van der Waals surface area (Å²) < 4.78 is 18.9. The number of nitrogens with one attached hydrogen (secondary N) is 1. The summed E-state index contributed by atoms with van der Waals surface area (Å²) in [4.78, 5) is 26.7. The van der Waals surface area contributed by atoms with Gasteiger partial charge in [0.25, 0.3) is 0 Å². The van der Waals surface area contributed by atoms with Crippen molar-refractivity contribution in [3.05, 3.63) is 65.5 Å². The number of aryl methyl sites for hydroxylation is 1. The molecule has 6 heteroatoms. The van der Waals surface area contributed by atoms with Crippen molar-refractivity contribution in [2.75, 3.05) is 13.2 Å². The third-order valence-corrected chi connectivity index (χ3v) is 4.61. The Hall–Kier alpha value is -2.89. The van der Waals surface area contributed by atoms with E-state index in [1.54, 1.807) is 19.1 Å². The van der Waals surface area contributed by atoms with Crippen LogP contribution >= 0.6 is 0 Å². The van der Waals surface area contributed by atoms with E-state index in [1.807, 2.05) is 38.1 Å². The largest absolute Gasteiger partial charge is 0.494 e. The molecule has 2 aromatic carbocycles. The quantitative estimate of drug-likeness (QED) is 0.617. The molecule has 0 bridgehead atoms. The Kier molecular flexibility index (Phi) is 8.65. The SMILES string of the molecule is CCNC(=O)C(C)N(Cc1ccc(F)cc1)C(=O)CCCOc1ccc(C)cc1. The number of likely N-dealkylation sites (N-methyl/N-ethyl adjacent to an activating group) is 1. The predicted octanol–water partition coefficient (Wildman–Crippen LogP) is 3.85. The van der Waals surface area contributed by atoms with E-state index >= 15 is 0 Å². The normalized spacial score (nSPS) is 11.6. The molecule has 2 rings (SSSR count). The Morgan fingerprint density at radius 2 is 1.76 bits per heavy atom. The van der Waals surface area contributed by atoms with E-state index in [0.29, 0.717) is 19.6 Å². The molecule has 0 fully saturated rings. The molecule has 0 aliphatic carbocycles. The molecule has 29 heavy (non-hydrogen) atoms. The summed E-state index contributed by atoms with van der Waals surface area (Å²) >= 11 is 0. The second-order valence-electron chi connectivity index (χ2n) is 6.98. The Morgan fingerprint density at radius 1 is 1.10 bits per heavy atom. The minimum atomic E-state index is -0.620. The minimum Gasteiger partial charge on any atom is -0.494 e. The average molecular weight is 400 g/mol. The van der Waals surface area contributed by atoms with Crippen LogP contribution in [0.3, 0.4) is 0 Å². The maximum absolute atomic E-state index is 13.2. The molecular weight excluding hydrogens is 371 g/mol. The van der Waals surface area contributed by atoms with Gasteiger partial charge in [0.1, 0.15) is 17.6 Å². The molecule has 5 nitrogen and oxygen atoms in total. The lowest BCUT2D eigenvalue weighted by Crippen LogP contribution is -2.47. The zero-order chi connectivity index (χ0) is 21.2. The standard InChI is InChI=1S/C23H29FN2O3/c1-4-25-23(28)18(3)26(16-19-9-11-20(24)12-10-19)22(27)6-5-15-29-21-13-7-17(2)8-14-21/h7-14,18H,4-6,15-16H2,1-3H3,(H,25,28). The highest BCUT2D eigenvalue weighted by Crippen LogP contribution is 2.14.